The van der Waals surface area contributed by atoms with Gasteiger partial charge < -0.3 is 20.5 Å². The summed E-state index contributed by atoms with van der Waals surface area (Å²) in [4.78, 5) is 37.1. The van der Waals surface area contributed by atoms with Gasteiger partial charge in [0, 0.05) is 18.4 Å². The maximum absolute atomic E-state index is 12.9. The summed E-state index contributed by atoms with van der Waals surface area (Å²) in [6, 6.07) is 15.6. The van der Waals surface area contributed by atoms with E-state index < -0.39 is 18.1 Å². The lowest BCUT2D eigenvalue weighted by Crippen LogP contribution is -2.50. The molecule has 0 aromatic heterocycles. The number of hydrogen-bond acceptors (Lipinski definition) is 4. The van der Waals surface area contributed by atoms with Gasteiger partial charge in [-0.1, -0.05) is 61.4 Å². The number of hydrogen-bond donors (Lipinski definition) is 3. The fourth-order valence-corrected chi connectivity index (χ4v) is 5.90. The quantitative estimate of drug-likeness (QED) is 0.527. The first-order valence-corrected chi connectivity index (χ1v) is 12.6. The van der Waals surface area contributed by atoms with E-state index in [1.807, 2.05) is 24.3 Å². The molecule has 2 fully saturated rings. The van der Waals surface area contributed by atoms with Crippen LogP contribution in [0.25, 0.3) is 11.1 Å². The van der Waals surface area contributed by atoms with Crippen LogP contribution in [0.3, 0.4) is 0 Å². The zero-order valence-corrected chi connectivity index (χ0v) is 19.7. The second-order valence-electron chi connectivity index (χ2n) is 10.0. The van der Waals surface area contributed by atoms with E-state index in [9.17, 15) is 19.5 Å². The summed E-state index contributed by atoms with van der Waals surface area (Å²) >= 11 is 0. The molecule has 3 aliphatic carbocycles. The molecule has 184 valence electrons. The van der Waals surface area contributed by atoms with Crippen molar-refractivity contribution in [2.24, 2.45) is 17.8 Å². The van der Waals surface area contributed by atoms with Crippen LogP contribution in [-0.4, -0.2) is 42.3 Å². The summed E-state index contributed by atoms with van der Waals surface area (Å²) < 4.78 is 5.62. The number of amides is 2. The Kier molecular flexibility index (Phi) is 6.75. The molecule has 3 N–H and O–H groups in total. The summed E-state index contributed by atoms with van der Waals surface area (Å²) in [6.45, 7) is 0.589. The number of carbonyl (C=O) groups excluding carboxylic acids is 2. The highest BCUT2D eigenvalue weighted by molar-refractivity contribution is 5.85. The van der Waals surface area contributed by atoms with Gasteiger partial charge in [0.15, 0.2) is 0 Å². The zero-order chi connectivity index (χ0) is 24.4. The normalized spacial score (nSPS) is 21.9. The number of fused-ring (bicyclic) bond motifs is 3. The lowest BCUT2D eigenvalue weighted by molar-refractivity contribution is -0.145. The Morgan fingerprint density at radius 3 is 2.14 bits per heavy atom. The Balaban J connectivity index is 1.14. The van der Waals surface area contributed by atoms with Crippen molar-refractivity contribution >= 4 is 18.0 Å². The minimum Gasteiger partial charge on any atom is -0.480 e. The molecular weight excluding hydrogens is 444 g/mol. The number of benzene rings is 2. The number of aliphatic carboxylic acids is 1. The third-order valence-corrected chi connectivity index (χ3v) is 8.03. The van der Waals surface area contributed by atoms with Gasteiger partial charge in [-0.15, -0.1) is 0 Å². The van der Waals surface area contributed by atoms with Crippen LogP contribution in [0.15, 0.2) is 48.5 Å². The largest absolute Gasteiger partial charge is 0.480 e. The van der Waals surface area contributed by atoms with Crippen molar-refractivity contribution in [1.82, 2.24) is 10.6 Å². The highest BCUT2D eigenvalue weighted by Crippen LogP contribution is 2.44. The first kappa shape index (κ1) is 23.4. The molecule has 7 heteroatoms. The van der Waals surface area contributed by atoms with Gasteiger partial charge in [0.1, 0.15) is 12.6 Å². The molecule has 5 rings (SSSR count). The zero-order valence-electron chi connectivity index (χ0n) is 19.7. The topological polar surface area (TPSA) is 105 Å². The number of carbonyl (C=O) groups is 3. The molecule has 7 nitrogen and oxygen atoms in total. The van der Waals surface area contributed by atoms with Crippen molar-refractivity contribution in [3.05, 3.63) is 59.7 Å². The van der Waals surface area contributed by atoms with Crippen LogP contribution in [-0.2, 0) is 14.3 Å². The standard InChI is InChI=1S/C28H32N2O5/c31-26(30-25(27(32)33)17-7-5-8-17)19-14-6-9-18(19)15-29-28(34)35-16-24-22-12-3-1-10-20(22)21-11-2-4-13-23(21)24/h1-4,10-13,17-19,24-25H,5-9,14-16H2,(H,29,34)(H,30,31)(H,32,33). The lowest BCUT2D eigenvalue weighted by atomic mass is 9.79. The maximum Gasteiger partial charge on any atom is 0.407 e. The Bertz CT molecular complexity index is 1070. The van der Waals surface area contributed by atoms with Crippen LogP contribution in [0, 0.1) is 17.8 Å². The van der Waals surface area contributed by atoms with Crippen LogP contribution < -0.4 is 10.6 Å². The van der Waals surface area contributed by atoms with Crippen molar-refractivity contribution in [3.63, 3.8) is 0 Å². The van der Waals surface area contributed by atoms with E-state index in [0.717, 1.165) is 43.2 Å². The van der Waals surface area contributed by atoms with Gasteiger partial charge in [-0.2, -0.15) is 0 Å². The van der Waals surface area contributed by atoms with Crippen LogP contribution in [0.1, 0.15) is 55.6 Å². The molecule has 3 unspecified atom stereocenters. The average molecular weight is 477 g/mol. The predicted molar refractivity (Wildman–Crippen MR) is 131 cm³/mol. The summed E-state index contributed by atoms with van der Waals surface area (Å²) in [5.74, 6) is -1.46. The summed E-state index contributed by atoms with van der Waals surface area (Å²) in [6.07, 6.45) is 4.62. The summed E-state index contributed by atoms with van der Waals surface area (Å²) in [5.41, 5.74) is 4.68. The Morgan fingerprint density at radius 1 is 0.914 bits per heavy atom. The molecular formula is C28H32N2O5. The molecule has 35 heavy (non-hydrogen) atoms. The van der Waals surface area contributed by atoms with Crippen LogP contribution in [0.4, 0.5) is 4.79 Å². The molecule has 2 aromatic carbocycles. The van der Waals surface area contributed by atoms with Crippen LogP contribution in [0.2, 0.25) is 0 Å². The molecule has 2 amide bonds. The van der Waals surface area contributed by atoms with E-state index in [1.54, 1.807) is 0 Å². The lowest BCUT2D eigenvalue weighted by Gasteiger charge is -2.32. The van der Waals surface area contributed by atoms with Gasteiger partial charge in [0.25, 0.3) is 0 Å². The highest BCUT2D eigenvalue weighted by atomic mass is 16.5. The van der Waals surface area contributed by atoms with E-state index in [0.29, 0.717) is 13.0 Å². The number of carboxylic acid groups (broad SMARTS) is 1. The van der Waals surface area contributed by atoms with Crippen molar-refractivity contribution in [3.8, 4) is 11.1 Å². The van der Waals surface area contributed by atoms with Crippen molar-refractivity contribution in [2.75, 3.05) is 13.2 Å². The average Bonchev–Trinajstić information content (AvgIpc) is 3.42. The molecule has 0 bridgehead atoms. The smallest absolute Gasteiger partial charge is 0.407 e. The van der Waals surface area contributed by atoms with E-state index in [-0.39, 0.29) is 36.2 Å². The molecule has 0 saturated heterocycles. The van der Waals surface area contributed by atoms with E-state index in [2.05, 4.69) is 34.9 Å². The third kappa shape index (κ3) is 4.77. The molecule has 0 radical (unpaired) electrons. The second kappa shape index (κ2) is 10.1. The van der Waals surface area contributed by atoms with E-state index in [1.165, 1.54) is 11.1 Å². The minimum absolute atomic E-state index is 0.00221. The second-order valence-corrected chi connectivity index (χ2v) is 10.0. The van der Waals surface area contributed by atoms with Crippen LogP contribution in [0.5, 0.6) is 0 Å². The van der Waals surface area contributed by atoms with Crippen molar-refractivity contribution < 1.29 is 24.2 Å². The monoisotopic (exact) mass is 476 g/mol. The van der Waals surface area contributed by atoms with Crippen molar-refractivity contribution in [2.45, 2.75) is 50.5 Å². The van der Waals surface area contributed by atoms with Crippen molar-refractivity contribution in [1.29, 1.82) is 0 Å². The molecule has 0 aliphatic heterocycles. The number of rotatable bonds is 8. The number of alkyl carbamates (subject to hydrolysis) is 1. The molecule has 3 aliphatic rings. The molecule has 0 heterocycles. The first-order valence-electron chi connectivity index (χ1n) is 12.6. The number of nitrogens with one attached hydrogen (secondary N) is 2. The molecule has 0 spiro atoms. The fraction of sp³-hybridized carbons (Fsp3) is 0.464. The highest BCUT2D eigenvalue weighted by Gasteiger charge is 2.39. The number of carboxylic acids is 1. The van der Waals surface area contributed by atoms with Gasteiger partial charge >= 0.3 is 12.1 Å². The van der Waals surface area contributed by atoms with Gasteiger partial charge in [0.2, 0.25) is 5.91 Å². The first-order chi connectivity index (χ1) is 17.0. The molecule has 2 saturated carbocycles. The minimum atomic E-state index is -0.964. The van der Waals surface area contributed by atoms with Gasteiger partial charge in [-0.25, -0.2) is 9.59 Å². The van der Waals surface area contributed by atoms with E-state index in [4.69, 9.17) is 4.74 Å². The third-order valence-electron chi connectivity index (χ3n) is 8.03. The number of ether oxygens (including phenoxy) is 1. The fourth-order valence-electron chi connectivity index (χ4n) is 5.90. The molecule has 2 aromatic rings. The van der Waals surface area contributed by atoms with E-state index >= 15 is 0 Å². The Morgan fingerprint density at radius 2 is 1.54 bits per heavy atom. The van der Waals surface area contributed by atoms with Crippen LogP contribution >= 0.6 is 0 Å². The molecule has 3 atom stereocenters. The summed E-state index contributed by atoms with van der Waals surface area (Å²) in [5, 5.41) is 15.1. The van der Waals surface area contributed by atoms with Gasteiger partial charge in [-0.05, 0) is 59.8 Å². The van der Waals surface area contributed by atoms with Gasteiger partial charge in [0.05, 0.1) is 0 Å². The SMILES string of the molecule is O=C(NCC1CCCC1C(=O)NC(C(=O)O)C1CCC1)OCC1c2ccccc2-c2ccccc21. The maximum atomic E-state index is 12.9. The predicted octanol–water partition coefficient (Wildman–Crippen LogP) is 4.31. The van der Waals surface area contributed by atoms with Gasteiger partial charge in [-0.3, -0.25) is 4.79 Å². The summed E-state index contributed by atoms with van der Waals surface area (Å²) in [7, 11) is 0. The Labute approximate surface area is 205 Å². The Hall–Kier alpha value is -3.35.